The molecule has 1 saturated carbocycles. The Balaban J connectivity index is 1.62. The Bertz CT molecular complexity index is 705. The fraction of sp³-hybridized carbons (Fsp3) is 0.500. The summed E-state index contributed by atoms with van der Waals surface area (Å²) in [6.45, 7) is 0.577. The highest BCUT2D eigenvalue weighted by atomic mass is 32.1. The van der Waals surface area contributed by atoms with E-state index in [4.69, 9.17) is 5.11 Å². The van der Waals surface area contributed by atoms with Crippen molar-refractivity contribution < 1.29 is 14.7 Å². The summed E-state index contributed by atoms with van der Waals surface area (Å²) in [5, 5.41) is 21.1. The van der Waals surface area contributed by atoms with Crippen LogP contribution in [-0.4, -0.2) is 38.5 Å². The van der Waals surface area contributed by atoms with Gasteiger partial charge < -0.3 is 10.4 Å². The molecule has 2 heterocycles. The van der Waals surface area contributed by atoms with Crippen molar-refractivity contribution in [2.75, 3.05) is 6.54 Å². The van der Waals surface area contributed by atoms with Crippen LogP contribution in [0.3, 0.4) is 0 Å². The number of rotatable bonds is 6. The molecule has 1 amide bonds. The average Bonchev–Trinajstić information content (AvgIpc) is 3.26. The molecule has 2 aromatic heterocycles. The molecule has 0 aromatic carbocycles. The SMILES string of the molecule is O=C(Cn1cc(C(=O)O)nn1)NCC1(c2cccs2)CCCCC1. The molecular formula is C16H20N4O3S. The van der Waals surface area contributed by atoms with E-state index in [2.05, 4.69) is 33.1 Å². The normalized spacial score (nSPS) is 16.7. The molecule has 7 nitrogen and oxygen atoms in total. The van der Waals surface area contributed by atoms with Gasteiger partial charge in [-0.25, -0.2) is 9.48 Å². The summed E-state index contributed by atoms with van der Waals surface area (Å²) in [4.78, 5) is 24.3. The summed E-state index contributed by atoms with van der Waals surface area (Å²) in [7, 11) is 0. The summed E-state index contributed by atoms with van der Waals surface area (Å²) in [6, 6.07) is 4.21. The minimum absolute atomic E-state index is 0.0245. The lowest BCUT2D eigenvalue weighted by atomic mass is 9.73. The molecule has 1 aliphatic carbocycles. The highest BCUT2D eigenvalue weighted by Gasteiger charge is 2.35. The van der Waals surface area contributed by atoms with Crippen LogP contribution in [0.5, 0.6) is 0 Å². The summed E-state index contributed by atoms with van der Waals surface area (Å²) >= 11 is 1.75. The van der Waals surface area contributed by atoms with E-state index in [9.17, 15) is 9.59 Å². The number of hydrogen-bond donors (Lipinski definition) is 2. The van der Waals surface area contributed by atoms with E-state index in [1.165, 1.54) is 35.0 Å². The van der Waals surface area contributed by atoms with Gasteiger partial charge in [-0.3, -0.25) is 4.79 Å². The van der Waals surface area contributed by atoms with Gasteiger partial charge in [-0.05, 0) is 24.3 Å². The summed E-state index contributed by atoms with van der Waals surface area (Å²) < 4.78 is 1.25. The van der Waals surface area contributed by atoms with E-state index in [1.807, 2.05) is 0 Å². The maximum Gasteiger partial charge on any atom is 0.358 e. The monoisotopic (exact) mass is 348 g/mol. The van der Waals surface area contributed by atoms with E-state index in [1.54, 1.807) is 11.3 Å². The van der Waals surface area contributed by atoms with Crippen molar-refractivity contribution in [3.05, 3.63) is 34.3 Å². The molecule has 0 saturated heterocycles. The van der Waals surface area contributed by atoms with Crippen molar-refractivity contribution in [3.63, 3.8) is 0 Å². The molecule has 0 atom stereocenters. The van der Waals surface area contributed by atoms with Crippen molar-refractivity contribution in [1.82, 2.24) is 20.3 Å². The van der Waals surface area contributed by atoms with Gasteiger partial charge in [0.1, 0.15) is 6.54 Å². The lowest BCUT2D eigenvalue weighted by molar-refractivity contribution is -0.122. The second kappa shape index (κ2) is 7.12. The zero-order chi connectivity index (χ0) is 17.0. The van der Waals surface area contributed by atoms with Crippen LogP contribution in [0.25, 0.3) is 0 Å². The first-order valence-electron chi connectivity index (χ1n) is 8.03. The standard InChI is InChI=1S/C16H20N4O3S/c21-14(10-20-9-12(15(22)23)18-19-20)17-11-16(6-2-1-3-7-16)13-5-4-8-24-13/h4-5,8-9H,1-3,6-7,10-11H2,(H,17,21)(H,22,23). The lowest BCUT2D eigenvalue weighted by Gasteiger charge is -2.36. The number of amides is 1. The zero-order valence-electron chi connectivity index (χ0n) is 13.3. The molecule has 0 radical (unpaired) electrons. The van der Waals surface area contributed by atoms with Gasteiger partial charge in [-0.2, -0.15) is 0 Å². The number of hydrogen-bond acceptors (Lipinski definition) is 5. The number of aromatic carboxylic acids is 1. The second-order valence-corrected chi connectivity index (χ2v) is 7.15. The molecule has 1 aliphatic rings. The van der Waals surface area contributed by atoms with Crippen LogP contribution in [-0.2, 0) is 16.8 Å². The zero-order valence-corrected chi connectivity index (χ0v) is 14.1. The Hall–Kier alpha value is -2.22. The molecule has 2 N–H and O–H groups in total. The molecule has 8 heteroatoms. The highest BCUT2D eigenvalue weighted by Crippen LogP contribution is 2.41. The highest BCUT2D eigenvalue weighted by molar-refractivity contribution is 7.10. The maximum atomic E-state index is 12.2. The third kappa shape index (κ3) is 3.64. The molecule has 0 unspecified atom stereocenters. The van der Waals surface area contributed by atoms with Gasteiger partial charge in [-0.15, -0.1) is 16.4 Å². The Kier molecular flexibility index (Phi) is 4.94. The Morgan fingerprint density at radius 3 is 2.75 bits per heavy atom. The first-order chi connectivity index (χ1) is 11.6. The summed E-state index contributed by atoms with van der Waals surface area (Å²) in [5.74, 6) is -1.33. The lowest BCUT2D eigenvalue weighted by Crippen LogP contribution is -2.42. The maximum absolute atomic E-state index is 12.2. The van der Waals surface area contributed by atoms with Gasteiger partial charge >= 0.3 is 5.97 Å². The van der Waals surface area contributed by atoms with Crippen LogP contribution in [0, 0.1) is 0 Å². The average molecular weight is 348 g/mol. The van der Waals surface area contributed by atoms with E-state index in [0.717, 1.165) is 12.8 Å². The van der Waals surface area contributed by atoms with Gasteiger partial charge in [0.25, 0.3) is 0 Å². The number of aromatic nitrogens is 3. The number of thiophene rings is 1. The minimum atomic E-state index is -1.15. The van der Waals surface area contributed by atoms with Crippen molar-refractivity contribution in [1.29, 1.82) is 0 Å². The predicted octanol–water partition coefficient (Wildman–Crippen LogP) is 2.06. The van der Waals surface area contributed by atoms with Crippen molar-refractivity contribution in [2.24, 2.45) is 0 Å². The number of nitrogens with zero attached hydrogens (tertiary/aromatic N) is 3. The van der Waals surface area contributed by atoms with Crippen LogP contribution in [0.1, 0.15) is 47.5 Å². The van der Waals surface area contributed by atoms with Gasteiger partial charge in [0.15, 0.2) is 5.69 Å². The minimum Gasteiger partial charge on any atom is -0.476 e. The predicted molar refractivity (Wildman–Crippen MR) is 89.1 cm³/mol. The molecule has 3 rings (SSSR count). The summed E-state index contributed by atoms with van der Waals surface area (Å²) in [6.07, 6.45) is 7.04. The molecule has 0 bridgehead atoms. The quantitative estimate of drug-likeness (QED) is 0.833. The van der Waals surface area contributed by atoms with Crippen LogP contribution in [0.15, 0.2) is 23.7 Å². The van der Waals surface area contributed by atoms with Crippen molar-refractivity contribution in [3.8, 4) is 0 Å². The smallest absolute Gasteiger partial charge is 0.358 e. The van der Waals surface area contributed by atoms with Gasteiger partial charge in [0.2, 0.25) is 5.91 Å². The van der Waals surface area contributed by atoms with Crippen LogP contribution in [0.4, 0.5) is 0 Å². The van der Waals surface area contributed by atoms with Gasteiger partial charge in [-0.1, -0.05) is 30.5 Å². The Labute approximate surface area is 143 Å². The number of carboxylic acid groups (broad SMARTS) is 1. The van der Waals surface area contributed by atoms with E-state index in [0.29, 0.717) is 6.54 Å². The van der Waals surface area contributed by atoms with E-state index < -0.39 is 5.97 Å². The van der Waals surface area contributed by atoms with Crippen LogP contribution in [0.2, 0.25) is 0 Å². The van der Waals surface area contributed by atoms with E-state index in [-0.39, 0.29) is 23.6 Å². The molecule has 2 aromatic rings. The molecule has 1 fully saturated rings. The molecule has 0 aliphatic heterocycles. The fourth-order valence-corrected chi connectivity index (χ4v) is 4.25. The van der Waals surface area contributed by atoms with Gasteiger partial charge in [0.05, 0.1) is 6.20 Å². The Morgan fingerprint density at radius 1 is 1.33 bits per heavy atom. The third-order valence-corrected chi connectivity index (χ3v) is 5.66. The van der Waals surface area contributed by atoms with Crippen molar-refractivity contribution in [2.45, 2.75) is 44.1 Å². The topological polar surface area (TPSA) is 97.1 Å². The van der Waals surface area contributed by atoms with E-state index >= 15 is 0 Å². The first kappa shape index (κ1) is 16.6. The summed E-state index contributed by atoms with van der Waals surface area (Å²) in [5.41, 5.74) is -0.137. The first-order valence-corrected chi connectivity index (χ1v) is 8.91. The molecule has 128 valence electrons. The molecule has 24 heavy (non-hydrogen) atoms. The number of carbonyl (C=O) groups is 2. The second-order valence-electron chi connectivity index (χ2n) is 6.20. The largest absolute Gasteiger partial charge is 0.476 e. The number of carbonyl (C=O) groups excluding carboxylic acids is 1. The Morgan fingerprint density at radius 2 is 2.12 bits per heavy atom. The third-order valence-electron chi connectivity index (χ3n) is 4.54. The van der Waals surface area contributed by atoms with Gasteiger partial charge in [0, 0.05) is 16.8 Å². The molecule has 0 spiro atoms. The molecular weight excluding hydrogens is 328 g/mol. The van der Waals surface area contributed by atoms with Crippen molar-refractivity contribution >= 4 is 23.2 Å². The number of nitrogens with one attached hydrogen (secondary N) is 1. The number of carboxylic acids is 1. The van der Waals surface area contributed by atoms with Crippen LogP contribution >= 0.6 is 11.3 Å². The van der Waals surface area contributed by atoms with Crippen LogP contribution < -0.4 is 5.32 Å². The fourth-order valence-electron chi connectivity index (χ4n) is 3.26.